The number of amides is 1. The molecule has 2 N–H and O–H groups in total. The van der Waals surface area contributed by atoms with Crippen LogP contribution in [0, 0.1) is 0 Å². The first-order valence-corrected chi connectivity index (χ1v) is 6.51. The topological polar surface area (TPSA) is 101 Å². The van der Waals surface area contributed by atoms with Gasteiger partial charge in [-0.2, -0.15) is 0 Å². The molecule has 0 saturated carbocycles. The number of aromatic nitrogens is 2. The van der Waals surface area contributed by atoms with Crippen molar-refractivity contribution < 1.29 is 19.4 Å². The highest BCUT2D eigenvalue weighted by molar-refractivity contribution is 5.92. The molecular weight excluding hydrogens is 262 g/mol. The number of carboxylic acid groups (broad SMARTS) is 1. The Balaban J connectivity index is 2.14. The molecule has 20 heavy (non-hydrogen) atoms. The van der Waals surface area contributed by atoms with Gasteiger partial charge in [-0.1, -0.05) is 12.8 Å². The molecule has 7 heteroatoms. The van der Waals surface area contributed by atoms with Crippen LogP contribution in [-0.4, -0.2) is 40.8 Å². The summed E-state index contributed by atoms with van der Waals surface area (Å²) in [5, 5.41) is 18.7. The quantitative estimate of drug-likeness (QED) is 0.660. The Hall–Kier alpha value is -2.18. The Morgan fingerprint density at radius 3 is 2.55 bits per heavy atom. The van der Waals surface area contributed by atoms with Crippen LogP contribution in [0.25, 0.3) is 0 Å². The van der Waals surface area contributed by atoms with Gasteiger partial charge in [-0.3, -0.25) is 9.59 Å². The van der Waals surface area contributed by atoms with E-state index >= 15 is 0 Å². The molecular formula is C13H19N3O4. The minimum Gasteiger partial charge on any atom is -0.481 e. The highest BCUT2D eigenvalue weighted by Crippen LogP contribution is 2.04. The van der Waals surface area contributed by atoms with Crippen molar-refractivity contribution in [1.82, 2.24) is 15.5 Å². The van der Waals surface area contributed by atoms with Gasteiger partial charge in [0.1, 0.15) is 0 Å². The van der Waals surface area contributed by atoms with E-state index in [1.165, 1.54) is 7.11 Å². The van der Waals surface area contributed by atoms with Crippen LogP contribution in [0.3, 0.4) is 0 Å². The van der Waals surface area contributed by atoms with E-state index in [1.54, 1.807) is 12.1 Å². The molecule has 0 atom stereocenters. The minimum absolute atomic E-state index is 0.202. The molecule has 7 nitrogen and oxygen atoms in total. The van der Waals surface area contributed by atoms with Crippen molar-refractivity contribution in [3.8, 4) is 5.88 Å². The maximum atomic E-state index is 11.7. The second-order valence-corrected chi connectivity index (χ2v) is 4.27. The summed E-state index contributed by atoms with van der Waals surface area (Å²) >= 11 is 0. The first kappa shape index (κ1) is 15.9. The predicted molar refractivity (Wildman–Crippen MR) is 71.6 cm³/mol. The number of hydrogen-bond donors (Lipinski definition) is 2. The summed E-state index contributed by atoms with van der Waals surface area (Å²) < 4.78 is 4.85. The number of carbonyl (C=O) groups is 2. The zero-order chi connectivity index (χ0) is 14.8. The van der Waals surface area contributed by atoms with Gasteiger partial charge in [-0.15, -0.1) is 10.2 Å². The van der Waals surface area contributed by atoms with Gasteiger partial charge in [0, 0.05) is 19.0 Å². The van der Waals surface area contributed by atoms with E-state index < -0.39 is 5.97 Å². The summed E-state index contributed by atoms with van der Waals surface area (Å²) in [6.45, 7) is 0.541. The summed E-state index contributed by atoms with van der Waals surface area (Å²) in [5.74, 6) is -0.679. The maximum absolute atomic E-state index is 11.7. The molecule has 1 amide bonds. The van der Waals surface area contributed by atoms with E-state index in [-0.39, 0.29) is 18.0 Å². The minimum atomic E-state index is -0.767. The number of nitrogens with one attached hydrogen (secondary N) is 1. The average molecular weight is 281 g/mol. The smallest absolute Gasteiger partial charge is 0.303 e. The predicted octanol–water partition coefficient (Wildman–Crippen LogP) is 1.25. The van der Waals surface area contributed by atoms with Gasteiger partial charge in [0.15, 0.2) is 5.69 Å². The molecule has 1 rings (SSSR count). The van der Waals surface area contributed by atoms with E-state index in [0.717, 1.165) is 19.3 Å². The van der Waals surface area contributed by atoms with Crippen LogP contribution in [0.1, 0.15) is 42.6 Å². The fourth-order valence-electron chi connectivity index (χ4n) is 1.60. The van der Waals surface area contributed by atoms with Crippen molar-refractivity contribution in [2.24, 2.45) is 0 Å². The number of methoxy groups -OCH3 is 1. The first-order valence-electron chi connectivity index (χ1n) is 6.51. The van der Waals surface area contributed by atoms with E-state index in [9.17, 15) is 9.59 Å². The zero-order valence-electron chi connectivity index (χ0n) is 11.5. The first-order chi connectivity index (χ1) is 9.63. The number of hydrogen-bond acceptors (Lipinski definition) is 5. The molecule has 1 aromatic heterocycles. The van der Waals surface area contributed by atoms with E-state index in [1.807, 2.05) is 0 Å². The summed E-state index contributed by atoms with van der Waals surface area (Å²) in [4.78, 5) is 22.0. The fourth-order valence-corrected chi connectivity index (χ4v) is 1.60. The maximum Gasteiger partial charge on any atom is 0.303 e. The van der Waals surface area contributed by atoms with Crippen molar-refractivity contribution in [2.45, 2.75) is 32.1 Å². The van der Waals surface area contributed by atoms with E-state index in [0.29, 0.717) is 18.8 Å². The normalized spacial score (nSPS) is 10.1. The average Bonchev–Trinajstić information content (AvgIpc) is 2.45. The van der Waals surface area contributed by atoms with E-state index in [2.05, 4.69) is 15.5 Å². The fraction of sp³-hybridized carbons (Fsp3) is 0.538. The lowest BCUT2D eigenvalue weighted by atomic mass is 10.1. The molecule has 0 aliphatic carbocycles. The number of rotatable bonds is 9. The molecule has 1 heterocycles. The van der Waals surface area contributed by atoms with Crippen molar-refractivity contribution in [3.05, 3.63) is 17.8 Å². The third kappa shape index (κ3) is 6.12. The third-order valence-electron chi connectivity index (χ3n) is 2.68. The highest BCUT2D eigenvalue weighted by atomic mass is 16.5. The second kappa shape index (κ2) is 8.84. The highest BCUT2D eigenvalue weighted by Gasteiger charge is 2.07. The lowest BCUT2D eigenvalue weighted by molar-refractivity contribution is -0.137. The summed E-state index contributed by atoms with van der Waals surface area (Å²) in [6, 6.07) is 3.13. The molecule has 110 valence electrons. The zero-order valence-corrected chi connectivity index (χ0v) is 11.5. The summed E-state index contributed by atoms with van der Waals surface area (Å²) in [6.07, 6.45) is 3.43. The van der Waals surface area contributed by atoms with Gasteiger partial charge < -0.3 is 15.2 Å². The third-order valence-corrected chi connectivity index (χ3v) is 2.68. The Morgan fingerprint density at radius 1 is 1.20 bits per heavy atom. The van der Waals surface area contributed by atoms with E-state index in [4.69, 9.17) is 9.84 Å². The molecule has 1 aromatic rings. The second-order valence-electron chi connectivity index (χ2n) is 4.27. The molecule has 0 aliphatic rings. The largest absolute Gasteiger partial charge is 0.481 e. The molecule has 0 aliphatic heterocycles. The van der Waals surface area contributed by atoms with Crippen molar-refractivity contribution >= 4 is 11.9 Å². The molecule has 0 spiro atoms. The molecule has 0 radical (unpaired) electrons. The van der Waals surface area contributed by atoms with Crippen LogP contribution in [0.2, 0.25) is 0 Å². The van der Waals surface area contributed by atoms with Crippen LogP contribution < -0.4 is 10.1 Å². The number of carbonyl (C=O) groups excluding carboxylic acids is 1. The lowest BCUT2D eigenvalue weighted by Gasteiger charge is -2.04. The lowest BCUT2D eigenvalue weighted by Crippen LogP contribution is -2.25. The Morgan fingerprint density at radius 2 is 1.95 bits per heavy atom. The number of aliphatic carboxylic acids is 1. The number of ether oxygens (including phenoxy) is 1. The Bertz CT molecular complexity index is 434. The van der Waals surface area contributed by atoms with Crippen LogP contribution >= 0.6 is 0 Å². The Labute approximate surface area is 117 Å². The van der Waals surface area contributed by atoms with Gasteiger partial charge >= 0.3 is 5.97 Å². The molecule has 0 fully saturated rings. The van der Waals surface area contributed by atoms with Gasteiger partial charge in [-0.25, -0.2) is 0 Å². The van der Waals surface area contributed by atoms with Gasteiger partial charge in [-0.05, 0) is 18.9 Å². The number of unbranched alkanes of at least 4 members (excludes halogenated alkanes) is 3. The summed E-state index contributed by atoms with van der Waals surface area (Å²) in [5.41, 5.74) is 0.247. The number of carboxylic acids is 1. The molecule has 0 bridgehead atoms. The molecule has 0 saturated heterocycles. The van der Waals surface area contributed by atoms with Crippen LogP contribution in [0.5, 0.6) is 5.88 Å². The van der Waals surface area contributed by atoms with Crippen LogP contribution in [0.15, 0.2) is 12.1 Å². The van der Waals surface area contributed by atoms with Gasteiger partial charge in [0.2, 0.25) is 5.88 Å². The number of nitrogens with zero attached hydrogens (tertiary/aromatic N) is 2. The monoisotopic (exact) mass is 281 g/mol. The van der Waals surface area contributed by atoms with Crippen molar-refractivity contribution in [3.63, 3.8) is 0 Å². The molecule has 0 unspecified atom stereocenters. The molecule has 0 aromatic carbocycles. The van der Waals surface area contributed by atoms with Crippen LogP contribution in [0.4, 0.5) is 0 Å². The van der Waals surface area contributed by atoms with Crippen LogP contribution in [-0.2, 0) is 4.79 Å². The van der Waals surface area contributed by atoms with Gasteiger partial charge in [0.25, 0.3) is 5.91 Å². The Kier molecular flexibility index (Phi) is 7.02. The van der Waals surface area contributed by atoms with Crippen molar-refractivity contribution in [2.75, 3.05) is 13.7 Å². The van der Waals surface area contributed by atoms with Gasteiger partial charge in [0.05, 0.1) is 7.11 Å². The standard InChI is InChI=1S/C13H19N3O4/c1-20-11-8-7-10(15-16-11)13(19)14-9-5-3-2-4-6-12(17)18/h7-8H,2-6,9H2,1H3,(H,14,19)(H,17,18). The SMILES string of the molecule is COc1ccc(C(=O)NCCCCCCC(=O)O)nn1. The van der Waals surface area contributed by atoms with Crippen molar-refractivity contribution in [1.29, 1.82) is 0 Å². The summed E-state index contributed by atoms with van der Waals surface area (Å²) in [7, 11) is 1.48.